The van der Waals surface area contributed by atoms with Crippen LogP contribution in [0.3, 0.4) is 0 Å². The van der Waals surface area contributed by atoms with Crippen LogP contribution in [0.5, 0.6) is 17.2 Å². The molecule has 0 aliphatic carbocycles. The first-order valence-corrected chi connectivity index (χ1v) is 5.60. The van der Waals surface area contributed by atoms with Crippen molar-refractivity contribution in [2.75, 3.05) is 7.11 Å². The standard InChI is InChI=1S/C15H13NO2/c1-17-13-6-4-7-14(11-13)18-15-8-3-2-5-12(15)9-10-16/h2-8,11H,9H2,1H3. The number of hydrogen-bond donors (Lipinski definition) is 0. The van der Waals surface area contributed by atoms with E-state index in [1.807, 2.05) is 48.5 Å². The molecule has 0 amide bonds. The lowest BCUT2D eigenvalue weighted by molar-refractivity contribution is 0.408. The summed E-state index contributed by atoms with van der Waals surface area (Å²) in [6.07, 6.45) is 0.333. The maximum atomic E-state index is 8.77. The van der Waals surface area contributed by atoms with Gasteiger partial charge >= 0.3 is 0 Å². The van der Waals surface area contributed by atoms with Crippen molar-refractivity contribution in [2.45, 2.75) is 6.42 Å². The number of ether oxygens (including phenoxy) is 2. The van der Waals surface area contributed by atoms with Gasteiger partial charge in [-0.2, -0.15) is 5.26 Å². The second-order valence-electron chi connectivity index (χ2n) is 3.72. The average molecular weight is 239 g/mol. The third-order valence-electron chi connectivity index (χ3n) is 2.51. The van der Waals surface area contributed by atoms with Gasteiger partial charge in [0.1, 0.15) is 17.2 Å². The van der Waals surface area contributed by atoms with Gasteiger partial charge in [-0.3, -0.25) is 0 Å². The van der Waals surface area contributed by atoms with E-state index < -0.39 is 0 Å². The zero-order chi connectivity index (χ0) is 12.8. The second-order valence-corrected chi connectivity index (χ2v) is 3.72. The van der Waals surface area contributed by atoms with E-state index in [0.717, 1.165) is 11.3 Å². The molecule has 0 saturated heterocycles. The SMILES string of the molecule is COc1cccc(Oc2ccccc2CC#N)c1. The van der Waals surface area contributed by atoms with Crippen molar-refractivity contribution in [3.05, 3.63) is 54.1 Å². The van der Waals surface area contributed by atoms with E-state index in [0.29, 0.717) is 17.9 Å². The van der Waals surface area contributed by atoms with Crippen LogP contribution in [0.25, 0.3) is 0 Å². The summed E-state index contributed by atoms with van der Waals surface area (Å²) < 4.78 is 10.9. The highest BCUT2D eigenvalue weighted by Crippen LogP contribution is 2.27. The highest BCUT2D eigenvalue weighted by atomic mass is 16.5. The Morgan fingerprint density at radius 2 is 1.83 bits per heavy atom. The zero-order valence-electron chi connectivity index (χ0n) is 10.1. The van der Waals surface area contributed by atoms with Gasteiger partial charge in [0, 0.05) is 11.6 Å². The summed E-state index contributed by atoms with van der Waals surface area (Å²) in [6.45, 7) is 0. The van der Waals surface area contributed by atoms with Crippen LogP contribution in [-0.2, 0) is 6.42 Å². The Labute approximate surface area is 106 Å². The Kier molecular flexibility index (Phi) is 3.83. The average Bonchev–Trinajstić information content (AvgIpc) is 2.41. The molecule has 0 spiro atoms. The molecule has 2 aromatic carbocycles. The Hall–Kier alpha value is -2.47. The largest absolute Gasteiger partial charge is 0.497 e. The smallest absolute Gasteiger partial charge is 0.131 e. The molecule has 2 aromatic rings. The number of methoxy groups -OCH3 is 1. The molecule has 0 N–H and O–H groups in total. The van der Waals surface area contributed by atoms with E-state index in [2.05, 4.69) is 6.07 Å². The van der Waals surface area contributed by atoms with Crippen LogP contribution in [0.15, 0.2) is 48.5 Å². The summed E-state index contributed by atoms with van der Waals surface area (Å²) >= 11 is 0. The molecule has 18 heavy (non-hydrogen) atoms. The van der Waals surface area contributed by atoms with E-state index in [9.17, 15) is 0 Å². The fourth-order valence-corrected chi connectivity index (χ4v) is 1.63. The monoisotopic (exact) mass is 239 g/mol. The van der Waals surface area contributed by atoms with Crippen LogP contribution in [-0.4, -0.2) is 7.11 Å². The van der Waals surface area contributed by atoms with Crippen molar-refractivity contribution in [2.24, 2.45) is 0 Å². The highest BCUT2D eigenvalue weighted by Gasteiger charge is 2.04. The molecule has 3 heteroatoms. The molecule has 0 heterocycles. The Balaban J connectivity index is 2.25. The second kappa shape index (κ2) is 5.74. The summed E-state index contributed by atoms with van der Waals surface area (Å²) in [5, 5.41) is 8.77. The van der Waals surface area contributed by atoms with Crippen LogP contribution in [0, 0.1) is 11.3 Å². The Morgan fingerprint density at radius 3 is 2.61 bits per heavy atom. The lowest BCUT2D eigenvalue weighted by Gasteiger charge is -2.10. The quantitative estimate of drug-likeness (QED) is 0.819. The fraction of sp³-hybridized carbons (Fsp3) is 0.133. The van der Waals surface area contributed by atoms with E-state index in [-0.39, 0.29) is 0 Å². The summed E-state index contributed by atoms with van der Waals surface area (Å²) in [7, 11) is 1.61. The molecular weight excluding hydrogens is 226 g/mol. The predicted molar refractivity (Wildman–Crippen MR) is 68.8 cm³/mol. The van der Waals surface area contributed by atoms with Gasteiger partial charge in [-0.25, -0.2) is 0 Å². The van der Waals surface area contributed by atoms with Crippen molar-refractivity contribution in [1.29, 1.82) is 5.26 Å². The maximum absolute atomic E-state index is 8.77. The number of rotatable bonds is 4. The molecule has 0 aliphatic rings. The lowest BCUT2D eigenvalue weighted by atomic mass is 10.1. The number of nitriles is 1. The number of benzene rings is 2. The summed E-state index contributed by atoms with van der Waals surface area (Å²) in [4.78, 5) is 0. The maximum Gasteiger partial charge on any atom is 0.131 e. The first-order chi connectivity index (χ1) is 8.83. The molecule has 0 radical (unpaired) electrons. The molecule has 0 fully saturated rings. The summed E-state index contributed by atoms with van der Waals surface area (Å²) in [5.74, 6) is 2.14. The van der Waals surface area contributed by atoms with Crippen molar-refractivity contribution < 1.29 is 9.47 Å². The van der Waals surface area contributed by atoms with Crippen LogP contribution >= 0.6 is 0 Å². The molecule has 90 valence electrons. The Bertz CT molecular complexity index is 573. The minimum atomic E-state index is 0.333. The third kappa shape index (κ3) is 2.80. The van der Waals surface area contributed by atoms with Gasteiger partial charge in [-0.15, -0.1) is 0 Å². The van der Waals surface area contributed by atoms with Gasteiger partial charge in [0.05, 0.1) is 19.6 Å². The lowest BCUT2D eigenvalue weighted by Crippen LogP contribution is -1.91. The molecular formula is C15H13NO2. The molecule has 0 bridgehead atoms. The number of nitrogens with zero attached hydrogens (tertiary/aromatic N) is 1. The van der Waals surface area contributed by atoms with Crippen molar-refractivity contribution in [1.82, 2.24) is 0 Å². The molecule has 2 rings (SSSR count). The normalized spacial score (nSPS) is 9.56. The Morgan fingerprint density at radius 1 is 1.06 bits per heavy atom. The number of hydrogen-bond acceptors (Lipinski definition) is 3. The van der Waals surface area contributed by atoms with Crippen molar-refractivity contribution in [3.8, 4) is 23.3 Å². The zero-order valence-corrected chi connectivity index (χ0v) is 10.1. The number of para-hydroxylation sites is 1. The van der Waals surface area contributed by atoms with E-state index in [1.54, 1.807) is 7.11 Å². The summed E-state index contributed by atoms with van der Waals surface area (Å²) in [5.41, 5.74) is 0.878. The minimum Gasteiger partial charge on any atom is -0.497 e. The van der Waals surface area contributed by atoms with Crippen LogP contribution in [0.2, 0.25) is 0 Å². The van der Waals surface area contributed by atoms with Crippen LogP contribution < -0.4 is 9.47 Å². The predicted octanol–water partition coefficient (Wildman–Crippen LogP) is 3.55. The topological polar surface area (TPSA) is 42.2 Å². The van der Waals surface area contributed by atoms with Gasteiger partial charge in [-0.1, -0.05) is 24.3 Å². The van der Waals surface area contributed by atoms with Crippen LogP contribution in [0.4, 0.5) is 0 Å². The van der Waals surface area contributed by atoms with Crippen LogP contribution in [0.1, 0.15) is 5.56 Å². The van der Waals surface area contributed by atoms with Gasteiger partial charge in [0.25, 0.3) is 0 Å². The first kappa shape index (κ1) is 12.0. The molecule has 3 nitrogen and oxygen atoms in total. The molecule has 0 aliphatic heterocycles. The van der Waals surface area contributed by atoms with E-state index in [4.69, 9.17) is 14.7 Å². The van der Waals surface area contributed by atoms with Crippen molar-refractivity contribution in [3.63, 3.8) is 0 Å². The minimum absolute atomic E-state index is 0.333. The molecule has 0 aromatic heterocycles. The van der Waals surface area contributed by atoms with Gasteiger partial charge in [0.15, 0.2) is 0 Å². The van der Waals surface area contributed by atoms with Gasteiger partial charge in [0.2, 0.25) is 0 Å². The molecule has 0 atom stereocenters. The van der Waals surface area contributed by atoms with E-state index >= 15 is 0 Å². The van der Waals surface area contributed by atoms with Gasteiger partial charge < -0.3 is 9.47 Å². The van der Waals surface area contributed by atoms with Crippen molar-refractivity contribution >= 4 is 0 Å². The molecule has 0 unspecified atom stereocenters. The third-order valence-corrected chi connectivity index (χ3v) is 2.51. The first-order valence-electron chi connectivity index (χ1n) is 5.60. The van der Waals surface area contributed by atoms with Gasteiger partial charge in [-0.05, 0) is 18.2 Å². The highest BCUT2D eigenvalue weighted by molar-refractivity contribution is 5.41. The molecule has 0 saturated carbocycles. The van der Waals surface area contributed by atoms with E-state index in [1.165, 1.54) is 0 Å². The summed E-state index contributed by atoms with van der Waals surface area (Å²) in [6, 6.07) is 17.0. The fourth-order valence-electron chi connectivity index (χ4n) is 1.63.